The maximum absolute atomic E-state index is 9.65. The van der Waals surface area contributed by atoms with Gasteiger partial charge in [-0.1, -0.05) is 0 Å². The summed E-state index contributed by atoms with van der Waals surface area (Å²) in [5.74, 6) is 3.12. The minimum Gasteiger partial charge on any atom is -0.504 e. The lowest BCUT2D eigenvalue weighted by atomic mass is 10.1. The minimum atomic E-state index is 0.191. The number of thioether (sulfide) groups is 1. The van der Waals surface area contributed by atoms with Gasteiger partial charge in [-0.3, -0.25) is 0 Å². The molecule has 0 spiro atoms. The summed E-state index contributed by atoms with van der Waals surface area (Å²) in [7, 11) is 1.56. The van der Waals surface area contributed by atoms with E-state index in [0.29, 0.717) is 11.8 Å². The molecule has 2 rings (SSSR count). The van der Waals surface area contributed by atoms with Crippen LogP contribution in [0.2, 0.25) is 0 Å². The molecule has 0 amide bonds. The summed E-state index contributed by atoms with van der Waals surface area (Å²) in [5, 5.41) is 13.1. The number of phenolic OH excluding ortho intramolecular Hbond substituents is 1. The average molecular weight is 239 g/mol. The Kier molecular flexibility index (Phi) is 3.83. The molecule has 1 heterocycles. The van der Waals surface area contributed by atoms with Gasteiger partial charge in [-0.2, -0.15) is 11.8 Å². The van der Waals surface area contributed by atoms with Crippen LogP contribution >= 0.6 is 11.8 Å². The summed E-state index contributed by atoms with van der Waals surface area (Å²) in [6.45, 7) is 0. The van der Waals surface area contributed by atoms with Crippen molar-refractivity contribution < 1.29 is 9.84 Å². The van der Waals surface area contributed by atoms with Crippen LogP contribution in [0.4, 0.5) is 5.69 Å². The van der Waals surface area contributed by atoms with E-state index in [1.165, 1.54) is 18.6 Å². The van der Waals surface area contributed by atoms with Crippen LogP contribution in [0.15, 0.2) is 18.2 Å². The second kappa shape index (κ2) is 5.34. The van der Waals surface area contributed by atoms with Crippen molar-refractivity contribution in [3.05, 3.63) is 18.2 Å². The molecule has 16 heavy (non-hydrogen) atoms. The van der Waals surface area contributed by atoms with Crippen LogP contribution in [0.5, 0.6) is 11.5 Å². The van der Waals surface area contributed by atoms with Gasteiger partial charge in [0.2, 0.25) is 0 Å². The number of rotatable bonds is 3. The minimum absolute atomic E-state index is 0.191. The van der Waals surface area contributed by atoms with Gasteiger partial charge in [-0.25, -0.2) is 0 Å². The fourth-order valence-corrected chi connectivity index (χ4v) is 2.94. The van der Waals surface area contributed by atoms with Gasteiger partial charge in [-0.05, 0) is 30.7 Å². The highest BCUT2D eigenvalue weighted by Gasteiger charge is 2.13. The molecule has 0 saturated carbocycles. The summed E-state index contributed by atoms with van der Waals surface area (Å²) < 4.78 is 5.01. The van der Waals surface area contributed by atoms with E-state index in [1.807, 2.05) is 17.8 Å². The van der Waals surface area contributed by atoms with E-state index < -0.39 is 0 Å². The number of nitrogens with one attached hydrogen (secondary N) is 1. The Labute approximate surface area is 100 Å². The molecule has 1 atom stereocenters. The van der Waals surface area contributed by atoms with Crippen molar-refractivity contribution in [1.29, 1.82) is 0 Å². The molecule has 1 aromatic rings. The van der Waals surface area contributed by atoms with Gasteiger partial charge in [0.25, 0.3) is 0 Å². The summed E-state index contributed by atoms with van der Waals surface area (Å²) in [5.41, 5.74) is 0.964. The molecule has 0 aromatic heterocycles. The van der Waals surface area contributed by atoms with E-state index >= 15 is 0 Å². The number of hydrogen-bond donors (Lipinski definition) is 2. The summed E-state index contributed by atoms with van der Waals surface area (Å²) >= 11 is 1.98. The molecule has 3 nitrogen and oxygen atoms in total. The zero-order chi connectivity index (χ0) is 11.4. The molecular weight excluding hydrogens is 222 g/mol. The third-order valence-electron chi connectivity index (χ3n) is 2.71. The van der Waals surface area contributed by atoms with E-state index in [9.17, 15) is 5.11 Å². The van der Waals surface area contributed by atoms with Crippen molar-refractivity contribution in [3.63, 3.8) is 0 Å². The number of hydrogen-bond acceptors (Lipinski definition) is 4. The van der Waals surface area contributed by atoms with E-state index in [4.69, 9.17) is 4.74 Å². The molecule has 4 heteroatoms. The largest absolute Gasteiger partial charge is 0.504 e. The Morgan fingerprint density at radius 3 is 3.00 bits per heavy atom. The van der Waals surface area contributed by atoms with Gasteiger partial charge in [0.15, 0.2) is 11.5 Å². The fraction of sp³-hybridized carbons (Fsp3) is 0.500. The molecule has 0 aliphatic carbocycles. The van der Waals surface area contributed by atoms with E-state index in [2.05, 4.69) is 5.32 Å². The third kappa shape index (κ3) is 2.76. The number of ether oxygens (including phenoxy) is 1. The van der Waals surface area contributed by atoms with Gasteiger partial charge < -0.3 is 15.2 Å². The van der Waals surface area contributed by atoms with Crippen LogP contribution in [0.25, 0.3) is 0 Å². The SMILES string of the molecule is COc1ccc(NC2CCCSC2)cc1O. The molecular formula is C12H17NO2S. The Bertz CT molecular complexity index is 351. The lowest BCUT2D eigenvalue weighted by Crippen LogP contribution is -2.25. The maximum atomic E-state index is 9.65. The first-order valence-electron chi connectivity index (χ1n) is 5.51. The molecule has 88 valence electrons. The van der Waals surface area contributed by atoms with Crippen LogP contribution in [0, 0.1) is 0 Å². The highest BCUT2D eigenvalue weighted by molar-refractivity contribution is 7.99. The summed E-state index contributed by atoms with van der Waals surface area (Å²) in [4.78, 5) is 0. The van der Waals surface area contributed by atoms with Crippen molar-refractivity contribution in [2.75, 3.05) is 23.9 Å². The number of methoxy groups -OCH3 is 1. The molecule has 2 N–H and O–H groups in total. The molecule has 0 bridgehead atoms. The summed E-state index contributed by atoms with van der Waals surface area (Å²) in [6, 6.07) is 5.97. The van der Waals surface area contributed by atoms with E-state index in [1.54, 1.807) is 19.2 Å². The standard InChI is InChI=1S/C12H17NO2S/c1-15-12-5-4-9(7-11(12)14)13-10-3-2-6-16-8-10/h4-5,7,10,13-14H,2-3,6,8H2,1H3. The van der Waals surface area contributed by atoms with Gasteiger partial charge in [0, 0.05) is 23.5 Å². The van der Waals surface area contributed by atoms with Crippen LogP contribution in [0.1, 0.15) is 12.8 Å². The molecule has 1 saturated heterocycles. The molecule has 1 aliphatic heterocycles. The number of benzene rings is 1. The van der Waals surface area contributed by atoms with Gasteiger partial charge in [0.1, 0.15) is 0 Å². The fourth-order valence-electron chi connectivity index (χ4n) is 1.87. The average Bonchev–Trinajstić information content (AvgIpc) is 2.31. The number of phenols is 1. The highest BCUT2D eigenvalue weighted by atomic mass is 32.2. The lowest BCUT2D eigenvalue weighted by Gasteiger charge is -2.23. The van der Waals surface area contributed by atoms with Gasteiger partial charge in [-0.15, -0.1) is 0 Å². The van der Waals surface area contributed by atoms with Gasteiger partial charge in [0.05, 0.1) is 7.11 Å². The normalized spacial score (nSPS) is 20.4. The monoisotopic (exact) mass is 239 g/mol. The first kappa shape index (κ1) is 11.5. The zero-order valence-corrected chi connectivity index (χ0v) is 10.2. The molecule has 1 fully saturated rings. The Hall–Kier alpha value is -1.03. The number of aromatic hydroxyl groups is 1. The zero-order valence-electron chi connectivity index (χ0n) is 9.40. The van der Waals surface area contributed by atoms with Crippen molar-refractivity contribution in [3.8, 4) is 11.5 Å². The van der Waals surface area contributed by atoms with Crippen molar-refractivity contribution in [1.82, 2.24) is 0 Å². The maximum Gasteiger partial charge on any atom is 0.160 e. The van der Waals surface area contributed by atoms with Crippen LogP contribution in [-0.4, -0.2) is 29.8 Å². The third-order valence-corrected chi connectivity index (χ3v) is 3.93. The van der Waals surface area contributed by atoms with Gasteiger partial charge >= 0.3 is 0 Å². The van der Waals surface area contributed by atoms with Crippen LogP contribution < -0.4 is 10.1 Å². The Morgan fingerprint density at radius 2 is 2.38 bits per heavy atom. The highest BCUT2D eigenvalue weighted by Crippen LogP contribution is 2.30. The Morgan fingerprint density at radius 1 is 1.50 bits per heavy atom. The summed E-state index contributed by atoms with van der Waals surface area (Å²) in [6.07, 6.45) is 2.48. The quantitative estimate of drug-likeness (QED) is 0.851. The topological polar surface area (TPSA) is 41.5 Å². The number of anilines is 1. The first-order chi connectivity index (χ1) is 7.79. The molecule has 1 unspecified atom stereocenters. The predicted octanol–water partition coefficient (Wildman–Crippen LogP) is 2.71. The smallest absolute Gasteiger partial charge is 0.160 e. The first-order valence-corrected chi connectivity index (χ1v) is 6.66. The predicted molar refractivity (Wildman–Crippen MR) is 68.6 cm³/mol. The van der Waals surface area contributed by atoms with E-state index in [-0.39, 0.29) is 5.75 Å². The molecule has 1 aromatic carbocycles. The molecule has 0 radical (unpaired) electrons. The van der Waals surface area contributed by atoms with Crippen LogP contribution in [-0.2, 0) is 0 Å². The lowest BCUT2D eigenvalue weighted by molar-refractivity contribution is 0.373. The second-order valence-electron chi connectivity index (χ2n) is 3.95. The van der Waals surface area contributed by atoms with Crippen molar-refractivity contribution in [2.45, 2.75) is 18.9 Å². The second-order valence-corrected chi connectivity index (χ2v) is 5.09. The van der Waals surface area contributed by atoms with Crippen LogP contribution in [0.3, 0.4) is 0 Å². The van der Waals surface area contributed by atoms with Crippen molar-refractivity contribution >= 4 is 17.4 Å². The van der Waals surface area contributed by atoms with Crippen molar-refractivity contribution in [2.24, 2.45) is 0 Å². The van der Waals surface area contributed by atoms with E-state index in [0.717, 1.165) is 11.4 Å². The molecule has 1 aliphatic rings. The Balaban J connectivity index is 2.01.